The summed E-state index contributed by atoms with van der Waals surface area (Å²) in [7, 11) is 0. The first-order chi connectivity index (χ1) is 9.45. The van der Waals surface area contributed by atoms with Crippen molar-refractivity contribution in [3.05, 3.63) is 58.6 Å². The number of nitrogens with two attached hydrogens (primary N) is 1. The van der Waals surface area contributed by atoms with Crippen LogP contribution in [0.4, 0.5) is 8.78 Å². The van der Waals surface area contributed by atoms with Crippen molar-refractivity contribution in [2.24, 2.45) is 5.73 Å². The monoisotopic (exact) mass is 297 g/mol. The van der Waals surface area contributed by atoms with Gasteiger partial charge in [0.05, 0.1) is 5.02 Å². The van der Waals surface area contributed by atoms with Crippen molar-refractivity contribution < 1.29 is 13.5 Å². The van der Waals surface area contributed by atoms with Gasteiger partial charge in [0, 0.05) is 12.1 Å². The molecule has 0 spiro atoms. The normalized spacial score (nSPS) is 12.2. The Hall–Kier alpha value is -1.65. The molecule has 2 aromatic rings. The highest BCUT2D eigenvalue weighted by atomic mass is 35.5. The first kappa shape index (κ1) is 14.8. The quantitative estimate of drug-likeness (QED) is 0.913. The summed E-state index contributed by atoms with van der Waals surface area (Å²) in [6, 6.07) is 8.45. The number of hydrogen-bond donors (Lipinski definition) is 1. The van der Waals surface area contributed by atoms with Crippen molar-refractivity contribution in [1.82, 2.24) is 0 Å². The second-order valence-corrected chi connectivity index (χ2v) is 5.03. The molecular formula is C15H14ClF2NO. The fourth-order valence-electron chi connectivity index (χ4n) is 1.79. The van der Waals surface area contributed by atoms with Gasteiger partial charge in [-0.2, -0.15) is 0 Å². The van der Waals surface area contributed by atoms with Gasteiger partial charge in [-0.05, 0) is 43.2 Å². The van der Waals surface area contributed by atoms with E-state index in [1.54, 1.807) is 6.07 Å². The van der Waals surface area contributed by atoms with E-state index in [0.29, 0.717) is 6.42 Å². The Morgan fingerprint density at radius 3 is 2.50 bits per heavy atom. The predicted molar refractivity (Wildman–Crippen MR) is 75.2 cm³/mol. The number of benzene rings is 2. The van der Waals surface area contributed by atoms with Crippen LogP contribution in [0.3, 0.4) is 0 Å². The van der Waals surface area contributed by atoms with Crippen LogP contribution in [-0.2, 0) is 6.42 Å². The Labute approximate surface area is 121 Å². The first-order valence-electron chi connectivity index (χ1n) is 6.12. The molecule has 0 fully saturated rings. The third-order valence-electron chi connectivity index (χ3n) is 2.67. The van der Waals surface area contributed by atoms with Crippen LogP contribution in [0.2, 0.25) is 5.02 Å². The van der Waals surface area contributed by atoms with Gasteiger partial charge >= 0.3 is 0 Å². The molecule has 0 saturated carbocycles. The molecule has 0 radical (unpaired) electrons. The molecule has 0 aliphatic heterocycles. The molecule has 5 heteroatoms. The summed E-state index contributed by atoms with van der Waals surface area (Å²) in [6.07, 6.45) is 0.583. The van der Waals surface area contributed by atoms with E-state index >= 15 is 0 Å². The zero-order valence-electron chi connectivity index (χ0n) is 10.9. The molecular weight excluding hydrogens is 284 g/mol. The zero-order valence-corrected chi connectivity index (χ0v) is 11.6. The number of hydrogen-bond acceptors (Lipinski definition) is 2. The topological polar surface area (TPSA) is 35.2 Å². The van der Waals surface area contributed by atoms with Crippen LogP contribution in [0.25, 0.3) is 0 Å². The summed E-state index contributed by atoms with van der Waals surface area (Å²) < 4.78 is 32.3. The average molecular weight is 298 g/mol. The second kappa shape index (κ2) is 6.20. The minimum absolute atomic E-state index is 0.0444. The Bertz CT molecular complexity index is 617. The van der Waals surface area contributed by atoms with Crippen molar-refractivity contribution in [2.45, 2.75) is 19.4 Å². The molecule has 0 amide bonds. The largest absolute Gasteiger partial charge is 0.454 e. The Balaban J connectivity index is 2.19. The molecule has 2 rings (SSSR count). The van der Waals surface area contributed by atoms with Crippen molar-refractivity contribution in [3.8, 4) is 11.5 Å². The maximum atomic E-state index is 13.9. The van der Waals surface area contributed by atoms with E-state index in [1.165, 1.54) is 30.3 Å². The van der Waals surface area contributed by atoms with Gasteiger partial charge in [0.1, 0.15) is 11.6 Å². The van der Waals surface area contributed by atoms with E-state index in [1.807, 2.05) is 6.92 Å². The van der Waals surface area contributed by atoms with Crippen LogP contribution >= 0.6 is 11.6 Å². The molecule has 0 aliphatic carbocycles. The van der Waals surface area contributed by atoms with E-state index in [2.05, 4.69) is 0 Å². The van der Waals surface area contributed by atoms with Crippen LogP contribution in [-0.4, -0.2) is 6.04 Å². The molecule has 2 aromatic carbocycles. The summed E-state index contributed by atoms with van der Waals surface area (Å²) in [4.78, 5) is 0. The molecule has 0 aliphatic rings. The smallest absolute Gasteiger partial charge is 0.165 e. The van der Waals surface area contributed by atoms with E-state index in [-0.39, 0.29) is 22.6 Å². The molecule has 1 unspecified atom stereocenters. The third kappa shape index (κ3) is 3.68. The fraction of sp³-hybridized carbons (Fsp3) is 0.200. The molecule has 0 saturated heterocycles. The van der Waals surface area contributed by atoms with E-state index in [0.717, 1.165) is 5.56 Å². The van der Waals surface area contributed by atoms with Crippen LogP contribution in [0, 0.1) is 11.6 Å². The van der Waals surface area contributed by atoms with Crippen molar-refractivity contribution in [2.75, 3.05) is 0 Å². The molecule has 2 N–H and O–H groups in total. The van der Waals surface area contributed by atoms with Gasteiger partial charge in [0.15, 0.2) is 11.6 Å². The summed E-state index contributed by atoms with van der Waals surface area (Å²) in [5.74, 6) is -0.716. The van der Waals surface area contributed by atoms with Gasteiger partial charge < -0.3 is 10.5 Å². The van der Waals surface area contributed by atoms with Crippen LogP contribution in [0.5, 0.6) is 11.5 Å². The zero-order chi connectivity index (χ0) is 14.7. The van der Waals surface area contributed by atoms with Gasteiger partial charge in [-0.1, -0.05) is 17.7 Å². The maximum Gasteiger partial charge on any atom is 0.165 e. The Kier molecular flexibility index (Phi) is 4.57. The SMILES string of the molecule is CC(N)Cc1ccc(Oc2ccc(F)c(Cl)c2)c(F)c1. The minimum atomic E-state index is -0.549. The summed E-state index contributed by atoms with van der Waals surface area (Å²) in [5, 5.41) is -0.0727. The van der Waals surface area contributed by atoms with Crippen molar-refractivity contribution >= 4 is 11.6 Å². The van der Waals surface area contributed by atoms with E-state index in [9.17, 15) is 8.78 Å². The standard InChI is InChI=1S/C15H14ClF2NO/c1-9(19)6-10-2-5-15(14(18)7-10)20-11-3-4-13(17)12(16)8-11/h2-5,7-9H,6,19H2,1H3. The first-order valence-corrected chi connectivity index (χ1v) is 6.50. The number of ether oxygens (including phenoxy) is 1. The lowest BCUT2D eigenvalue weighted by Gasteiger charge is -2.10. The van der Waals surface area contributed by atoms with E-state index < -0.39 is 11.6 Å². The number of rotatable bonds is 4. The molecule has 106 valence electrons. The van der Waals surface area contributed by atoms with Crippen LogP contribution < -0.4 is 10.5 Å². The highest BCUT2D eigenvalue weighted by Gasteiger charge is 2.09. The molecule has 1 atom stereocenters. The van der Waals surface area contributed by atoms with Gasteiger partial charge in [-0.15, -0.1) is 0 Å². The van der Waals surface area contributed by atoms with Crippen LogP contribution in [0.1, 0.15) is 12.5 Å². The lowest BCUT2D eigenvalue weighted by molar-refractivity contribution is 0.440. The Morgan fingerprint density at radius 1 is 1.15 bits per heavy atom. The molecule has 0 heterocycles. The lowest BCUT2D eigenvalue weighted by Crippen LogP contribution is -2.17. The maximum absolute atomic E-state index is 13.9. The Morgan fingerprint density at radius 2 is 1.90 bits per heavy atom. The molecule has 0 bridgehead atoms. The van der Waals surface area contributed by atoms with Crippen molar-refractivity contribution in [3.63, 3.8) is 0 Å². The van der Waals surface area contributed by atoms with Gasteiger partial charge in [-0.3, -0.25) is 0 Å². The lowest BCUT2D eigenvalue weighted by atomic mass is 10.1. The predicted octanol–water partition coefficient (Wildman–Crippen LogP) is 4.30. The molecule has 20 heavy (non-hydrogen) atoms. The van der Waals surface area contributed by atoms with E-state index in [4.69, 9.17) is 22.1 Å². The third-order valence-corrected chi connectivity index (χ3v) is 2.96. The van der Waals surface area contributed by atoms with Crippen LogP contribution in [0.15, 0.2) is 36.4 Å². The summed E-state index contributed by atoms with van der Waals surface area (Å²) >= 11 is 5.64. The highest BCUT2D eigenvalue weighted by molar-refractivity contribution is 6.30. The fourth-order valence-corrected chi connectivity index (χ4v) is 1.96. The van der Waals surface area contributed by atoms with Gasteiger partial charge in [0.2, 0.25) is 0 Å². The van der Waals surface area contributed by atoms with Gasteiger partial charge in [0.25, 0.3) is 0 Å². The average Bonchev–Trinajstić information content (AvgIpc) is 2.36. The summed E-state index contributed by atoms with van der Waals surface area (Å²) in [5.41, 5.74) is 6.46. The summed E-state index contributed by atoms with van der Waals surface area (Å²) in [6.45, 7) is 1.85. The second-order valence-electron chi connectivity index (χ2n) is 4.62. The minimum Gasteiger partial charge on any atom is -0.454 e. The molecule has 2 nitrogen and oxygen atoms in total. The molecule has 0 aromatic heterocycles. The van der Waals surface area contributed by atoms with Gasteiger partial charge in [-0.25, -0.2) is 8.78 Å². The number of halogens is 3. The highest BCUT2D eigenvalue weighted by Crippen LogP contribution is 2.28. The van der Waals surface area contributed by atoms with Crippen molar-refractivity contribution in [1.29, 1.82) is 0 Å².